The Morgan fingerprint density at radius 3 is 3.00 bits per heavy atom. The number of ether oxygens (including phenoxy) is 1. The summed E-state index contributed by atoms with van der Waals surface area (Å²) in [4.78, 5) is 15.7. The number of para-hydroxylation sites is 1. The fourth-order valence-electron chi connectivity index (χ4n) is 1.57. The molecule has 2 rings (SSSR count). The molecular formula is C13H14N4O3S. The number of aromatic nitrogens is 1. The average molecular weight is 306 g/mol. The molecule has 1 aromatic heterocycles. The van der Waals surface area contributed by atoms with E-state index in [1.807, 2.05) is 5.38 Å². The molecule has 0 aliphatic carbocycles. The highest BCUT2D eigenvalue weighted by Gasteiger charge is 2.09. The van der Waals surface area contributed by atoms with Crippen LogP contribution in [-0.4, -0.2) is 28.5 Å². The van der Waals surface area contributed by atoms with E-state index >= 15 is 0 Å². The van der Waals surface area contributed by atoms with Crippen molar-refractivity contribution in [3.8, 4) is 5.75 Å². The van der Waals surface area contributed by atoms with Crippen molar-refractivity contribution < 1.29 is 14.7 Å². The number of amidine groups is 1. The average Bonchev–Trinajstić information content (AvgIpc) is 3.04. The lowest BCUT2D eigenvalue weighted by molar-refractivity contribution is -0.123. The first-order valence-corrected chi connectivity index (χ1v) is 6.93. The zero-order chi connectivity index (χ0) is 15.1. The molecule has 110 valence electrons. The van der Waals surface area contributed by atoms with Crippen molar-refractivity contribution in [2.45, 2.75) is 6.54 Å². The second kappa shape index (κ2) is 7.25. The number of nitrogens with one attached hydrogen (secondary N) is 1. The molecule has 0 saturated carbocycles. The number of oxime groups is 1. The van der Waals surface area contributed by atoms with Crippen LogP contribution in [0.15, 0.2) is 41.0 Å². The van der Waals surface area contributed by atoms with Gasteiger partial charge in [-0.15, -0.1) is 11.3 Å². The molecule has 1 heterocycles. The first kappa shape index (κ1) is 14.8. The van der Waals surface area contributed by atoms with Crippen LogP contribution in [0.5, 0.6) is 5.75 Å². The quantitative estimate of drug-likeness (QED) is 0.318. The third-order valence-corrected chi connectivity index (χ3v) is 3.33. The standard InChI is InChI=1S/C13H14N4O3S/c14-13(17-19)9-3-1-2-4-10(9)20-8-11(18)16-7-12-15-5-6-21-12/h1-6,19H,7-8H2,(H2,14,17)(H,16,18). The van der Waals surface area contributed by atoms with Crippen molar-refractivity contribution in [3.63, 3.8) is 0 Å². The first-order valence-electron chi connectivity index (χ1n) is 6.05. The molecule has 0 spiro atoms. The Balaban J connectivity index is 1.89. The third-order valence-electron chi connectivity index (χ3n) is 2.55. The maximum absolute atomic E-state index is 11.7. The lowest BCUT2D eigenvalue weighted by atomic mass is 10.2. The molecule has 21 heavy (non-hydrogen) atoms. The Labute approximate surface area is 125 Å². The summed E-state index contributed by atoms with van der Waals surface area (Å²) in [5, 5.41) is 17.0. The Bertz CT molecular complexity index is 628. The molecule has 0 radical (unpaired) electrons. The summed E-state index contributed by atoms with van der Waals surface area (Å²) in [5.41, 5.74) is 5.96. The van der Waals surface area contributed by atoms with E-state index < -0.39 is 0 Å². The molecule has 2 aromatic rings. The number of thiazole rings is 1. The summed E-state index contributed by atoms with van der Waals surface area (Å²) >= 11 is 1.46. The lowest BCUT2D eigenvalue weighted by Gasteiger charge is -2.10. The Morgan fingerprint density at radius 2 is 2.29 bits per heavy atom. The summed E-state index contributed by atoms with van der Waals surface area (Å²) in [6.07, 6.45) is 1.68. The smallest absolute Gasteiger partial charge is 0.258 e. The molecule has 0 aliphatic rings. The Morgan fingerprint density at radius 1 is 1.48 bits per heavy atom. The van der Waals surface area contributed by atoms with Gasteiger partial charge in [-0.2, -0.15) is 0 Å². The highest BCUT2D eigenvalue weighted by molar-refractivity contribution is 7.09. The predicted molar refractivity (Wildman–Crippen MR) is 78.4 cm³/mol. The predicted octanol–water partition coefficient (Wildman–Crippen LogP) is 0.933. The second-order valence-electron chi connectivity index (χ2n) is 3.97. The molecule has 1 aromatic carbocycles. The summed E-state index contributed by atoms with van der Waals surface area (Å²) < 4.78 is 5.39. The van der Waals surface area contributed by atoms with Crippen LogP contribution in [0, 0.1) is 0 Å². The number of nitrogens with zero attached hydrogens (tertiary/aromatic N) is 2. The molecule has 0 saturated heterocycles. The van der Waals surface area contributed by atoms with E-state index in [0.29, 0.717) is 17.9 Å². The fourth-order valence-corrected chi connectivity index (χ4v) is 2.12. The molecule has 4 N–H and O–H groups in total. The van der Waals surface area contributed by atoms with Crippen LogP contribution in [0.25, 0.3) is 0 Å². The van der Waals surface area contributed by atoms with Crippen LogP contribution in [0.3, 0.4) is 0 Å². The number of carbonyl (C=O) groups is 1. The van der Waals surface area contributed by atoms with Gasteiger partial charge in [-0.3, -0.25) is 4.79 Å². The van der Waals surface area contributed by atoms with Crippen LogP contribution in [0.4, 0.5) is 0 Å². The minimum Gasteiger partial charge on any atom is -0.483 e. The number of nitrogens with two attached hydrogens (primary N) is 1. The van der Waals surface area contributed by atoms with Crippen molar-refractivity contribution >= 4 is 23.1 Å². The van der Waals surface area contributed by atoms with E-state index in [0.717, 1.165) is 5.01 Å². The second-order valence-corrected chi connectivity index (χ2v) is 4.95. The van der Waals surface area contributed by atoms with E-state index in [2.05, 4.69) is 15.5 Å². The van der Waals surface area contributed by atoms with Crippen molar-refractivity contribution in [3.05, 3.63) is 46.4 Å². The highest BCUT2D eigenvalue weighted by atomic mass is 32.1. The van der Waals surface area contributed by atoms with E-state index in [1.165, 1.54) is 11.3 Å². The summed E-state index contributed by atoms with van der Waals surface area (Å²) in [6.45, 7) is 0.197. The third kappa shape index (κ3) is 4.18. The van der Waals surface area contributed by atoms with E-state index in [9.17, 15) is 4.79 Å². The minimum absolute atomic E-state index is 0.0752. The molecule has 0 bridgehead atoms. The Kier molecular flexibility index (Phi) is 5.10. The fraction of sp³-hybridized carbons (Fsp3) is 0.154. The van der Waals surface area contributed by atoms with Crippen LogP contribution in [0.2, 0.25) is 0 Å². The maximum atomic E-state index is 11.7. The molecule has 8 heteroatoms. The molecular weight excluding hydrogens is 292 g/mol. The first-order chi connectivity index (χ1) is 10.2. The van der Waals surface area contributed by atoms with Crippen LogP contribution < -0.4 is 15.8 Å². The zero-order valence-corrected chi connectivity index (χ0v) is 11.8. The van der Waals surface area contributed by atoms with Gasteiger partial charge in [-0.25, -0.2) is 4.98 Å². The number of hydrogen-bond acceptors (Lipinski definition) is 6. The van der Waals surface area contributed by atoms with E-state index in [-0.39, 0.29) is 18.3 Å². The van der Waals surface area contributed by atoms with Crippen molar-refractivity contribution in [2.75, 3.05) is 6.61 Å². The van der Waals surface area contributed by atoms with Gasteiger partial charge in [0.15, 0.2) is 12.4 Å². The van der Waals surface area contributed by atoms with Crippen LogP contribution in [0.1, 0.15) is 10.6 Å². The van der Waals surface area contributed by atoms with Gasteiger partial charge in [0.2, 0.25) is 0 Å². The van der Waals surface area contributed by atoms with Gasteiger partial charge in [0.05, 0.1) is 12.1 Å². The largest absolute Gasteiger partial charge is 0.483 e. The molecule has 7 nitrogen and oxygen atoms in total. The highest BCUT2D eigenvalue weighted by Crippen LogP contribution is 2.17. The van der Waals surface area contributed by atoms with Crippen LogP contribution in [-0.2, 0) is 11.3 Å². The Hall–Kier alpha value is -2.61. The monoisotopic (exact) mass is 306 g/mol. The van der Waals surface area contributed by atoms with Gasteiger partial charge < -0.3 is 21.0 Å². The number of amides is 1. The number of benzene rings is 1. The molecule has 0 unspecified atom stereocenters. The van der Waals surface area contributed by atoms with Gasteiger partial charge in [0, 0.05) is 11.6 Å². The number of carbonyl (C=O) groups excluding carboxylic acids is 1. The molecule has 1 amide bonds. The minimum atomic E-state index is -0.278. The summed E-state index contributed by atoms with van der Waals surface area (Å²) in [6, 6.07) is 6.74. The number of rotatable bonds is 6. The SMILES string of the molecule is NC(=NO)c1ccccc1OCC(=O)NCc1nccs1. The lowest BCUT2D eigenvalue weighted by Crippen LogP contribution is -2.28. The van der Waals surface area contributed by atoms with Gasteiger partial charge in [-0.05, 0) is 12.1 Å². The topological polar surface area (TPSA) is 110 Å². The molecule has 0 fully saturated rings. The van der Waals surface area contributed by atoms with Gasteiger partial charge in [0.25, 0.3) is 5.91 Å². The molecule has 0 atom stereocenters. The van der Waals surface area contributed by atoms with Gasteiger partial charge >= 0.3 is 0 Å². The van der Waals surface area contributed by atoms with E-state index in [4.69, 9.17) is 15.7 Å². The summed E-state index contributed by atoms with van der Waals surface area (Å²) in [5.74, 6) is 0.0190. The van der Waals surface area contributed by atoms with E-state index in [1.54, 1.807) is 30.5 Å². The maximum Gasteiger partial charge on any atom is 0.258 e. The summed E-state index contributed by atoms with van der Waals surface area (Å²) in [7, 11) is 0. The zero-order valence-electron chi connectivity index (χ0n) is 11.0. The molecule has 0 aliphatic heterocycles. The van der Waals surface area contributed by atoms with Gasteiger partial charge in [-0.1, -0.05) is 17.3 Å². The van der Waals surface area contributed by atoms with Crippen molar-refractivity contribution in [1.29, 1.82) is 0 Å². The number of hydrogen-bond donors (Lipinski definition) is 3. The van der Waals surface area contributed by atoms with Crippen molar-refractivity contribution in [1.82, 2.24) is 10.3 Å². The normalized spacial score (nSPS) is 11.1. The van der Waals surface area contributed by atoms with Crippen molar-refractivity contribution in [2.24, 2.45) is 10.9 Å². The van der Waals surface area contributed by atoms with Gasteiger partial charge in [0.1, 0.15) is 10.8 Å². The van der Waals surface area contributed by atoms with Crippen LogP contribution >= 0.6 is 11.3 Å².